The normalized spacial score (nSPS) is 34.7. The molecule has 2 atom stereocenters. The number of fused-ring (bicyclic) bond motifs is 1. The first-order valence-electron chi connectivity index (χ1n) is 3.54. The molecule has 2 rings (SSSR count). The van der Waals surface area contributed by atoms with Crippen LogP contribution in [0.25, 0.3) is 0 Å². The van der Waals surface area contributed by atoms with Crippen molar-refractivity contribution in [1.82, 2.24) is 10.6 Å². The summed E-state index contributed by atoms with van der Waals surface area (Å²) in [4.78, 5) is 10.6. The molecular formula is C6H11ClN2O2. The van der Waals surface area contributed by atoms with Gasteiger partial charge in [-0.15, -0.1) is 12.4 Å². The highest BCUT2D eigenvalue weighted by Crippen LogP contribution is 2.13. The summed E-state index contributed by atoms with van der Waals surface area (Å²) in [6.45, 7) is 1.77. The molecule has 0 spiro atoms. The monoisotopic (exact) mass is 178 g/mol. The van der Waals surface area contributed by atoms with Gasteiger partial charge in [-0.25, -0.2) is 4.79 Å². The zero-order valence-corrected chi connectivity index (χ0v) is 6.82. The van der Waals surface area contributed by atoms with Crippen LogP contribution in [-0.2, 0) is 4.74 Å². The van der Waals surface area contributed by atoms with Crippen LogP contribution in [0.4, 0.5) is 4.79 Å². The number of rotatable bonds is 0. The molecule has 0 saturated carbocycles. The average Bonchev–Trinajstić information content (AvgIpc) is 2.27. The maximum Gasteiger partial charge on any atom is 0.407 e. The molecule has 0 bridgehead atoms. The Hall–Kier alpha value is -0.480. The third kappa shape index (κ3) is 1.57. The standard InChI is InChI=1S/C6H10N2O2.ClH/c9-6-8-4-1-2-7-3-5(4)10-6;/h4-5,7H,1-3H2,(H,8,9);1H/t4-,5-;/m1./s1. The average molecular weight is 179 g/mol. The third-order valence-electron chi connectivity index (χ3n) is 1.99. The molecule has 0 aromatic rings. The van der Waals surface area contributed by atoms with E-state index in [4.69, 9.17) is 4.74 Å². The molecule has 2 heterocycles. The Morgan fingerprint density at radius 1 is 1.55 bits per heavy atom. The SMILES string of the molecule is Cl.O=C1N[C@@H]2CCNC[C@H]2O1. The number of halogens is 1. The van der Waals surface area contributed by atoms with Crippen molar-refractivity contribution >= 4 is 18.5 Å². The van der Waals surface area contributed by atoms with Crippen LogP contribution in [0.1, 0.15) is 6.42 Å². The first-order valence-corrected chi connectivity index (χ1v) is 3.54. The van der Waals surface area contributed by atoms with E-state index in [1.54, 1.807) is 0 Å². The van der Waals surface area contributed by atoms with Crippen LogP contribution in [0.5, 0.6) is 0 Å². The van der Waals surface area contributed by atoms with E-state index in [1.165, 1.54) is 0 Å². The van der Waals surface area contributed by atoms with E-state index >= 15 is 0 Å². The first kappa shape index (κ1) is 8.62. The predicted octanol–water partition coefficient (Wildman–Crippen LogP) is -0.122. The molecule has 5 heteroatoms. The van der Waals surface area contributed by atoms with Crippen molar-refractivity contribution in [2.75, 3.05) is 13.1 Å². The van der Waals surface area contributed by atoms with Gasteiger partial charge in [-0.1, -0.05) is 0 Å². The number of carbonyl (C=O) groups is 1. The molecule has 2 aliphatic heterocycles. The van der Waals surface area contributed by atoms with Crippen LogP contribution in [0.3, 0.4) is 0 Å². The van der Waals surface area contributed by atoms with Gasteiger partial charge in [0.15, 0.2) is 0 Å². The van der Waals surface area contributed by atoms with Crippen molar-refractivity contribution < 1.29 is 9.53 Å². The Morgan fingerprint density at radius 3 is 3.09 bits per heavy atom. The smallest absolute Gasteiger partial charge is 0.407 e. The fourth-order valence-electron chi connectivity index (χ4n) is 1.44. The second kappa shape index (κ2) is 3.28. The van der Waals surface area contributed by atoms with Gasteiger partial charge in [0.25, 0.3) is 0 Å². The minimum Gasteiger partial charge on any atom is -0.443 e. The van der Waals surface area contributed by atoms with Crippen LogP contribution >= 0.6 is 12.4 Å². The van der Waals surface area contributed by atoms with Gasteiger partial charge in [-0.05, 0) is 13.0 Å². The van der Waals surface area contributed by atoms with Gasteiger partial charge < -0.3 is 15.4 Å². The summed E-state index contributed by atoms with van der Waals surface area (Å²) in [6, 6.07) is 0.258. The molecule has 2 N–H and O–H groups in total. The van der Waals surface area contributed by atoms with Crippen molar-refractivity contribution in [2.24, 2.45) is 0 Å². The maximum atomic E-state index is 10.6. The van der Waals surface area contributed by atoms with Crippen LogP contribution in [0, 0.1) is 0 Å². The van der Waals surface area contributed by atoms with Gasteiger partial charge in [0.05, 0.1) is 6.04 Å². The largest absolute Gasteiger partial charge is 0.443 e. The number of nitrogens with one attached hydrogen (secondary N) is 2. The van der Waals surface area contributed by atoms with E-state index in [0.717, 1.165) is 19.5 Å². The van der Waals surface area contributed by atoms with Gasteiger partial charge in [0.1, 0.15) is 6.10 Å². The molecule has 4 nitrogen and oxygen atoms in total. The summed E-state index contributed by atoms with van der Waals surface area (Å²) in [5, 5.41) is 5.91. The molecule has 2 saturated heterocycles. The molecule has 0 aromatic carbocycles. The van der Waals surface area contributed by atoms with Gasteiger partial charge in [0.2, 0.25) is 0 Å². The van der Waals surface area contributed by atoms with E-state index in [1.807, 2.05) is 0 Å². The third-order valence-corrected chi connectivity index (χ3v) is 1.99. The molecule has 64 valence electrons. The van der Waals surface area contributed by atoms with Gasteiger partial charge >= 0.3 is 6.09 Å². The van der Waals surface area contributed by atoms with Gasteiger partial charge in [-0.3, -0.25) is 0 Å². The van der Waals surface area contributed by atoms with Crippen LogP contribution < -0.4 is 10.6 Å². The molecule has 2 aliphatic rings. The highest BCUT2D eigenvalue weighted by atomic mass is 35.5. The quantitative estimate of drug-likeness (QED) is 0.544. The molecule has 11 heavy (non-hydrogen) atoms. The fraction of sp³-hybridized carbons (Fsp3) is 0.833. The van der Waals surface area contributed by atoms with E-state index in [9.17, 15) is 4.79 Å². The lowest BCUT2D eigenvalue weighted by Crippen LogP contribution is -2.45. The molecule has 1 amide bonds. The topological polar surface area (TPSA) is 50.4 Å². The fourth-order valence-corrected chi connectivity index (χ4v) is 1.44. The van der Waals surface area contributed by atoms with Crippen molar-refractivity contribution in [3.63, 3.8) is 0 Å². The summed E-state index contributed by atoms with van der Waals surface area (Å²) in [5.41, 5.74) is 0. The zero-order chi connectivity index (χ0) is 6.97. The number of hydrogen-bond donors (Lipinski definition) is 2. The van der Waals surface area contributed by atoms with Gasteiger partial charge in [-0.2, -0.15) is 0 Å². The number of carbonyl (C=O) groups excluding carboxylic acids is 1. The summed E-state index contributed by atoms with van der Waals surface area (Å²) >= 11 is 0. The Labute approximate surface area is 71.1 Å². The van der Waals surface area contributed by atoms with Gasteiger partial charge in [0, 0.05) is 6.54 Å². The minimum atomic E-state index is -0.265. The summed E-state index contributed by atoms with van der Waals surface area (Å²) in [6.07, 6.45) is 0.788. The number of hydrogen-bond acceptors (Lipinski definition) is 3. The second-order valence-corrected chi connectivity index (χ2v) is 2.69. The molecule has 2 fully saturated rings. The van der Waals surface area contributed by atoms with E-state index in [-0.39, 0.29) is 30.6 Å². The Balaban J connectivity index is 0.000000605. The molecular weight excluding hydrogens is 168 g/mol. The van der Waals surface area contributed by atoms with Crippen LogP contribution in [0.2, 0.25) is 0 Å². The number of ether oxygens (including phenoxy) is 1. The molecule has 0 radical (unpaired) electrons. The van der Waals surface area contributed by atoms with E-state index in [2.05, 4.69) is 10.6 Å². The van der Waals surface area contributed by atoms with Crippen LogP contribution in [0.15, 0.2) is 0 Å². The summed E-state index contributed by atoms with van der Waals surface area (Å²) in [5.74, 6) is 0. The van der Waals surface area contributed by atoms with Crippen LogP contribution in [-0.4, -0.2) is 31.3 Å². The summed E-state index contributed by atoms with van der Waals surface area (Å²) in [7, 11) is 0. The second-order valence-electron chi connectivity index (χ2n) is 2.69. The number of amides is 1. The number of piperidine rings is 1. The van der Waals surface area contributed by atoms with E-state index < -0.39 is 0 Å². The van der Waals surface area contributed by atoms with Crippen molar-refractivity contribution in [3.8, 4) is 0 Å². The van der Waals surface area contributed by atoms with Crippen molar-refractivity contribution in [3.05, 3.63) is 0 Å². The highest BCUT2D eigenvalue weighted by Gasteiger charge is 2.35. The van der Waals surface area contributed by atoms with E-state index in [0.29, 0.717) is 0 Å². The lowest BCUT2D eigenvalue weighted by Gasteiger charge is -2.22. The predicted molar refractivity (Wildman–Crippen MR) is 41.9 cm³/mol. The maximum absolute atomic E-state index is 10.6. The molecule has 0 unspecified atom stereocenters. The Bertz CT molecular complexity index is 149. The minimum absolute atomic E-state index is 0. The lowest BCUT2D eigenvalue weighted by atomic mass is 10.1. The molecule has 0 aromatic heterocycles. The van der Waals surface area contributed by atoms with Crippen molar-refractivity contribution in [1.29, 1.82) is 0 Å². The Morgan fingerprint density at radius 2 is 2.36 bits per heavy atom. The molecule has 0 aliphatic carbocycles. The highest BCUT2D eigenvalue weighted by molar-refractivity contribution is 5.85. The summed E-state index contributed by atoms with van der Waals surface area (Å²) < 4.78 is 4.95. The Kier molecular flexibility index (Phi) is 2.57. The van der Waals surface area contributed by atoms with Crippen molar-refractivity contribution in [2.45, 2.75) is 18.6 Å². The first-order chi connectivity index (χ1) is 4.86. The lowest BCUT2D eigenvalue weighted by molar-refractivity contribution is 0.121. The zero-order valence-electron chi connectivity index (χ0n) is 6.00. The number of alkyl carbamates (subject to hydrolysis) is 1.